The number of hydrogen-bond acceptors (Lipinski definition) is 1. The molecule has 0 fully saturated rings. The molecule has 0 aliphatic rings. The Morgan fingerprint density at radius 2 is 1.40 bits per heavy atom. The summed E-state index contributed by atoms with van der Waals surface area (Å²) in [7, 11) is 0. The summed E-state index contributed by atoms with van der Waals surface area (Å²) < 4.78 is 0. The highest BCUT2D eigenvalue weighted by molar-refractivity contribution is 5.01. The van der Waals surface area contributed by atoms with E-state index in [9.17, 15) is 0 Å². The standard InChI is InChI=1S/C14H26O/c1-2-3-4-5-6-7-8-9-10-11-12-13-14-15/h3-6,15H,2,7-14H2,1H3/b4-3+,6-5+. The first-order chi connectivity index (χ1) is 7.41. The third-order valence-corrected chi connectivity index (χ3v) is 2.40. The second kappa shape index (κ2) is 13.4. The Hall–Kier alpha value is -0.560. The van der Waals surface area contributed by atoms with Crippen molar-refractivity contribution in [3.8, 4) is 0 Å². The Morgan fingerprint density at radius 1 is 0.800 bits per heavy atom. The zero-order valence-corrected chi connectivity index (χ0v) is 10.1. The van der Waals surface area contributed by atoms with E-state index in [1.165, 1.54) is 38.5 Å². The predicted octanol–water partition coefficient (Wildman–Crippen LogP) is 4.23. The summed E-state index contributed by atoms with van der Waals surface area (Å²) in [5.74, 6) is 0. The van der Waals surface area contributed by atoms with Crippen LogP contribution in [0.1, 0.15) is 58.3 Å². The average Bonchev–Trinajstić information content (AvgIpc) is 2.26. The summed E-state index contributed by atoms with van der Waals surface area (Å²) >= 11 is 0. The molecule has 0 saturated carbocycles. The van der Waals surface area contributed by atoms with Crippen LogP contribution in [0.5, 0.6) is 0 Å². The maximum absolute atomic E-state index is 8.59. The van der Waals surface area contributed by atoms with Crippen molar-refractivity contribution in [1.82, 2.24) is 0 Å². The molecule has 0 unspecified atom stereocenters. The lowest BCUT2D eigenvalue weighted by atomic mass is 10.1. The van der Waals surface area contributed by atoms with Gasteiger partial charge in [0.2, 0.25) is 0 Å². The maximum Gasteiger partial charge on any atom is 0.0431 e. The number of hydrogen-bond donors (Lipinski definition) is 1. The van der Waals surface area contributed by atoms with Crippen LogP contribution in [0.15, 0.2) is 24.3 Å². The number of allylic oxidation sites excluding steroid dienone is 4. The molecule has 0 aliphatic heterocycles. The van der Waals surface area contributed by atoms with Crippen LogP contribution in [0.3, 0.4) is 0 Å². The smallest absolute Gasteiger partial charge is 0.0431 e. The predicted molar refractivity (Wildman–Crippen MR) is 68.0 cm³/mol. The normalized spacial score (nSPS) is 11.9. The SMILES string of the molecule is CC/C=C/C=C/CCCCCCCCO. The lowest BCUT2D eigenvalue weighted by Gasteiger charge is -1.98. The van der Waals surface area contributed by atoms with E-state index < -0.39 is 0 Å². The van der Waals surface area contributed by atoms with Gasteiger partial charge in [-0.3, -0.25) is 0 Å². The van der Waals surface area contributed by atoms with Gasteiger partial charge < -0.3 is 5.11 Å². The Morgan fingerprint density at radius 3 is 2.07 bits per heavy atom. The van der Waals surface area contributed by atoms with E-state index in [1.807, 2.05) is 0 Å². The fraction of sp³-hybridized carbons (Fsp3) is 0.714. The van der Waals surface area contributed by atoms with Crippen molar-refractivity contribution in [3.05, 3.63) is 24.3 Å². The minimum absolute atomic E-state index is 0.354. The number of unbranched alkanes of at least 4 members (excludes halogenated alkanes) is 6. The van der Waals surface area contributed by atoms with E-state index in [-0.39, 0.29) is 0 Å². The van der Waals surface area contributed by atoms with Gasteiger partial charge in [0.1, 0.15) is 0 Å². The molecule has 0 aromatic rings. The topological polar surface area (TPSA) is 20.2 Å². The van der Waals surface area contributed by atoms with Crippen molar-refractivity contribution in [2.45, 2.75) is 58.3 Å². The Labute approximate surface area is 94.9 Å². The Kier molecular flexibility index (Phi) is 12.9. The molecule has 88 valence electrons. The van der Waals surface area contributed by atoms with E-state index >= 15 is 0 Å². The van der Waals surface area contributed by atoms with E-state index in [1.54, 1.807) is 0 Å². The quantitative estimate of drug-likeness (QED) is 0.422. The molecule has 0 radical (unpaired) electrons. The molecular weight excluding hydrogens is 184 g/mol. The second-order valence-corrected chi connectivity index (χ2v) is 3.90. The second-order valence-electron chi connectivity index (χ2n) is 3.90. The highest BCUT2D eigenvalue weighted by Crippen LogP contribution is 2.07. The molecule has 1 nitrogen and oxygen atoms in total. The minimum Gasteiger partial charge on any atom is -0.396 e. The first-order valence-electron chi connectivity index (χ1n) is 6.34. The van der Waals surface area contributed by atoms with Gasteiger partial charge >= 0.3 is 0 Å². The molecule has 1 heteroatoms. The Balaban J connectivity index is 3.04. The lowest BCUT2D eigenvalue weighted by molar-refractivity contribution is 0.282. The summed E-state index contributed by atoms with van der Waals surface area (Å²) in [6, 6.07) is 0. The van der Waals surface area contributed by atoms with Gasteiger partial charge in [-0.25, -0.2) is 0 Å². The Bertz CT molecular complexity index is 159. The van der Waals surface area contributed by atoms with E-state index in [4.69, 9.17) is 5.11 Å². The zero-order valence-electron chi connectivity index (χ0n) is 10.1. The number of rotatable bonds is 10. The lowest BCUT2D eigenvalue weighted by Crippen LogP contribution is -1.83. The van der Waals surface area contributed by atoms with Crippen molar-refractivity contribution in [2.75, 3.05) is 6.61 Å². The van der Waals surface area contributed by atoms with Crippen LogP contribution in [-0.2, 0) is 0 Å². The summed E-state index contributed by atoms with van der Waals surface area (Å²) in [4.78, 5) is 0. The molecule has 0 atom stereocenters. The largest absolute Gasteiger partial charge is 0.396 e. The van der Waals surface area contributed by atoms with Crippen LogP contribution < -0.4 is 0 Å². The third kappa shape index (κ3) is 13.4. The van der Waals surface area contributed by atoms with Crippen molar-refractivity contribution < 1.29 is 5.11 Å². The van der Waals surface area contributed by atoms with Crippen molar-refractivity contribution >= 4 is 0 Å². The molecule has 0 saturated heterocycles. The molecule has 0 aromatic heterocycles. The highest BCUT2D eigenvalue weighted by Gasteiger charge is 1.89. The van der Waals surface area contributed by atoms with Crippen molar-refractivity contribution in [1.29, 1.82) is 0 Å². The van der Waals surface area contributed by atoms with Gasteiger partial charge in [-0.15, -0.1) is 0 Å². The molecule has 1 N–H and O–H groups in total. The van der Waals surface area contributed by atoms with Crippen molar-refractivity contribution in [2.24, 2.45) is 0 Å². The fourth-order valence-corrected chi connectivity index (χ4v) is 1.47. The molecular formula is C14H26O. The summed E-state index contributed by atoms with van der Waals surface area (Å²) in [5, 5.41) is 8.59. The van der Waals surface area contributed by atoms with Gasteiger partial charge in [-0.05, 0) is 25.7 Å². The highest BCUT2D eigenvalue weighted by atomic mass is 16.2. The molecule has 0 amide bonds. The monoisotopic (exact) mass is 210 g/mol. The third-order valence-electron chi connectivity index (χ3n) is 2.40. The molecule has 0 bridgehead atoms. The first-order valence-corrected chi connectivity index (χ1v) is 6.34. The number of aliphatic hydroxyl groups is 1. The molecule has 0 heterocycles. The van der Waals surface area contributed by atoms with Gasteiger partial charge in [0, 0.05) is 6.61 Å². The van der Waals surface area contributed by atoms with Gasteiger partial charge in [-0.2, -0.15) is 0 Å². The van der Waals surface area contributed by atoms with Gasteiger partial charge in [-0.1, -0.05) is 56.9 Å². The van der Waals surface area contributed by atoms with Crippen LogP contribution in [0.4, 0.5) is 0 Å². The van der Waals surface area contributed by atoms with E-state index in [0.29, 0.717) is 6.61 Å². The van der Waals surface area contributed by atoms with E-state index in [2.05, 4.69) is 31.2 Å². The van der Waals surface area contributed by atoms with E-state index in [0.717, 1.165) is 12.8 Å². The average molecular weight is 210 g/mol. The number of aliphatic hydroxyl groups excluding tert-OH is 1. The minimum atomic E-state index is 0.354. The summed E-state index contributed by atoms with van der Waals surface area (Å²) in [6.07, 6.45) is 18.4. The molecule has 0 aromatic carbocycles. The molecule has 0 aliphatic carbocycles. The van der Waals surface area contributed by atoms with Crippen LogP contribution in [0.25, 0.3) is 0 Å². The van der Waals surface area contributed by atoms with Gasteiger partial charge in [0.25, 0.3) is 0 Å². The maximum atomic E-state index is 8.59. The van der Waals surface area contributed by atoms with Crippen LogP contribution in [-0.4, -0.2) is 11.7 Å². The summed E-state index contributed by atoms with van der Waals surface area (Å²) in [6.45, 7) is 2.50. The van der Waals surface area contributed by atoms with Gasteiger partial charge in [0.05, 0.1) is 0 Å². The molecule has 0 rings (SSSR count). The van der Waals surface area contributed by atoms with Crippen LogP contribution in [0.2, 0.25) is 0 Å². The molecule has 0 spiro atoms. The van der Waals surface area contributed by atoms with Crippen LogP contribution >= 0.6 is 0 Å². The van der Waals surface area contributed by atoms with Gasteiger partial charge in [0.15, 0.2) is 0 Å². The summed E-state index contributed by atoms with van der Waals surface area (Å²) in [5.41, 5.74) is 0. The molecule has 15 heavy (non-hydrogen) atoms. The van der Waals surface area contributed by atoms with Crippen LogP contribution in [0, 0.1) is 0 Å². The van der Waals surface area contributed by atoms with Crippen molar-refractivity contribution in [3.63, 3.8) is 0 Å². The fourth-order valence-electron chi connectivity index (χ4n) is 1.47. The zero-order chi connectivity index (χ0) is 11.2. The first kappa shape index (κ1) is 14.4.